The molecule has 0 rings (SSSR count). The van der Waals surface area contributed by atoms with Gasteiger partial charge in [0, 0.05) is 0 Å². The fourth-order valence-corrected chi connectivity index (χ4v) is 1.08. The third-order valence-electron chi connectivity index (χ3n) is 1.98. The standard InChI is InChI=1S/C9H17FO2/c1-3-5-6-8(4-2)7-12-9(10)11/h8H,3-7H2,1-2H3. The molecule has 0 saturated carbocycles. The van der Waals surface area contributed by atoms with Crippen LogP contribution in [0.4, 0.5) is 9.18 Å². The largest absolute Gasteiger partial charge is 0.495 e. The predicted octanol–water partition coefficient (Wildman–Crippen LogP) is 3.31. The number of carbonyl (C=O) groups is 1. The average molecular weight is 176 g/mol. The molecule has 0 spiro atoms. The number of carbonyl (C=O) groups excluding carboxylic acids is 1. The number of ether oxygens (including phenoxy) is 1. The third kappa shape index (κ3) is 6.13. The van der Waals surface area contributed by atoms with Gasteiger partial charge >= 0.3 is 6.22 Å². The van der Waals surface area contributed by atoms with Crippen LogP contribution in [0, 0.1) is 5.92 Å². The summed E-state index contributed by atoms with van der Waals surface area (Å²) in [5.74, 6) is 0.324. The molecular weight excluding hydrogens is 159 g/mol. The maximum Gasteiger partial charge on any atom is 0.495 e. The van der Waals surface area contributed by atoms with Crippen LogP contribution in [0.15, 0.2) is 0 Å². The van der Waals surface area contributed by atoms with Crippen molar-refractivity contribution >= 4 is 6.22 Å². The predicted molar refractivity (Wildman–Crippen MR) is 45.8 cm³/mol. The van der Waals surface area contributed by atoms with Crippen molar-refractivity contribution in [3.8, 4) is 0 Å². The van der Waals surface area contributed by atoms with Gasteiger partial charge in [0.2, 0.25) is 0 Å². The van der Waals surface area contributed by atoms with E-state index in [1.807, 2.05) is 6.92 Å². The van der Waals surface area contributed by atoms with E-state index in [1.54, 1.807) is 0 Å². The van der Waals surface area contributed by atoms with Crippen molar-refractivity contribution in [3.63, 3.8) is 0 Å². The molecule has 0 bridgehead atoms. The first kappa shape index (κ1) is 11.4. The van der Waals surface area contributed by atoms with Crippen LogP contribution in [0.5, 0.6) is 0 Å². The zero-order valence-corrected chi connectivity index (χ0v) is 7.81. The molecule has 0 aromatic heterocycles. The second-order valence-electron chi connectivity index (χ2n) is 2.97. The van der Waals surface area contributed by atoms with E-state index >= 15 is 0 Å². The molecule has 3 heteroatoms. The van der Waals surface area contributed by atoms with Crippen LogP contribution in [0.3, 0.4) is 0 Å². The monoisotopic (exact) mass is 176 g/mol. The zero-order chi connectivity index (χ0) is 9.40. The molecule has 0 saturated heterocycles. The molecule has 1 atom stereocenters. The van der Waals surface area contributed by atoms with Crippen LogP contribution in [-0.4, -0.2) is 12.8 Å². The summed E-state index contributed by atoms with van der Waals surface area (Å²) in [7, 11) is 0. The smallest absolute Gasteiger partial charge is 0.440 e. The van der Waals surface area contributed by atoms with Crippen LogP contribution in [0.1, 0.15) is 39.5 Å². The van der Waals surface area contributed by atoms with Gasteiger partial charge in [-0.15, -0.1) is 4.39 Å². The maximum absolute atomic E-state index is 11.7. The quantitative estimate of drug-likeness (QED) is 0.580. The first-order chi connectivity index (χ1) is 5.70. The number of hydrogen-bond acceptors (Lipinski definition) is 2. The second kappa shape index (κ2) is 7.07. The molecule has 72 valence electrons. The summed E-state index contributed by atoms with van der Waals surface area (Å²) in [6, 6.07) is 0. The van der Waals surface area contributed by atoms with Crippen molar-refractivity contribution in [2.24, 2.45) is 5.92 Å². The summed E-state index contributed by atoms with van der Waals surface area (Å²) in [5, 5.41) is 0. The minimum atomic E-state index is -1.66. The summed E-state index contributed by atoms with van der Waals surface area (Å²) in [5.41, 5.74) is 0. The summed E-state index contributed by atoms with van der Waals surface area (Å²) < 4.78 is 15.9. The van der Waals surface area contributed by atoms with Gasteiger partial charge in [-0.3, -0.25) is 0 Å². The van der Waals surface area contributed by atoms with E-state index in [9.17, 15) is 9.18 Å². The van der Waals surface area contributed by atoms with Crippen LogP contribution >= 0.6 is 0 Å². The number of rotatable bonds is 6. The minimum Gasteiger partial charge on any atom is -0.440 e. The Balaban J connectivity index is 3.45. The fraction of sp³-hybridized carbons (Fsp3) is 0.889. The maximum atomic E-state index is 11.7. The summed E-state index contributed by atoms with van der Waals surface area (Å²) >= 11 is 0. The van der Waals surface area contributed by atoms with Crippen LogP contribution in [-0.2, 0) is 4.74 Å². The molecule has 0 fully saturated rings. The van der Waals surface area contributed by atoms with Gasteiger partial charge in [-0.05, 0) is 12.3 Å². The van der Waals surface area contributed by atoms with Crippen molar-refractivity contribution < 1.29 is 13.9 Å². The van der Waals surface area contributed by atoms with E-state index in [4.69, 9.17) is 0 Å². The minimum absolute atomic E-state index is 0.228. The fourth-order valence-electron chi connectivity index (χ4n) is 1.08. The molecule has 0 aliphatic heterocycles. The lowest BCUT2D eigenvalue weighted by atomic mass is 10.0. The highest BCUT2D eigenvalue weighted by Crippen LogP contribution is 2.12. The van der Waals surface area contributed by atoms with Gasteiger partial charge in [0.25, 0.3) is 0 Å². The molecule has 0 heterocycles. The Kier molecular flexibility index (Phi) is 6.72. The molecule has 2 nitrogen and oxygen atoms in total. The molecule has 0 N–H and O–H groups in total. The molecule has 0 aliphatic carbocycles. The number of unbranched alkanes of at least 4 members (excludes halogenated alkanes) is 1. The summed E-state index contributed by atoms with van der Waals surface area (Å²) in [6.45, 7) is 4.35. The van der Waals surface area contributed by atoms with E-state index in [0.29, 0.717) is 5.92 Å². The topological polar surface area (TPSA) is 26.3 Å². The van der Waals surface area contributed by atoms with Gasteiger partial charge in [-0.25, -0.2) is 4.79 Å². The van der Waals surface area contributed by atoms with Crippen molar-refractivity contribution in [1.29, 1.82) is 0 Å². The van der Waals surface area contributed by atoms with Gasteiger partial charge in [0.1, 0.15) is 0 Å². The molecule has 1 unspecified atom stereocenters. The van der Waals surface area contributed by atoms with Gasteiger partial charge in [-0.1, -0.05) is 33.1 Å². The molecule has 0 aliphatic rings. The van der Waals surface area contributed by atoms with E-state index < -0.39 is 6.22 Å². The zero-order valence-electron chi connectivity index (χ0n) is 7.81. The van der Waals surface area contributed by atoms with Crippen molar-refractivity contribution in [3.05, 3.63) is 0 Å². The van der Waals surface area contributed by atoms with Crippen molar-refractivity contribution in [2.75, 3.05) is 6.61 Å². The van der Waals surface area contributed by atoms with Crippen molar-refractivity contribution in [2.45, 2.75) is 39.5 Å². The first-order valence-corrected chi connectivity index (χ1v) is 4.52. The normalized spacial score (nSPS) is 12.6. The Bertz CT molecular complexity index is 126. The number of halogens is 1. The Morgan fingerprint density at radius 2 is 2.17 bits per heavy atom. The highest BCUT2D eigenvalue weighted by Gasteiger charge is 2.08. The van der Waals surface area contributed by atoms with Crippen LogP contribution in [0.25, 0.3) is 0 Å². The summed E-state index contributed by atoms with van der Waals surface area (Å²) in [6.07, 6.45) is 2.53. The van der Waals surface area contributed by atoms with Crippen LogP contribution < -0.4 is 0 Å². The Morgan fingerprint density at radius 1 is 1.50 bits per heavy atom. The Morgan fingerprint density at radius 3 is 2.58 bits per heavy atom. The van der Waals surface area contributed by atoms with E-state index in [-0.39, 0.29) is 6.61 Å². The highest BCUT2D eigenvalue weighted by molar-refractivity contribution is 5.57. The van der Waals surface area contributed by atoms with Gasteiger partial charge in [0.05, 0.1) is 6.61 Å². The Labute approximate surface area is 73.1 Å². The molecule has 12 heavy (non-hydrogen) atoms. The lowest BCUT2D eigenvalue weighted by Gasteiger charge is -2.12. The third-order valence-corrected chi connectivity index (χ3v) is 1.98. The van der Waals surface area contributed by atoms with Gasteiger partial charge < -0.3 is 4.74 Å². The molecular formula is C9H17FO2. The van der Waals surface area contributed by atoms with E-state index in [2.05, 4.69) is 11.7 Å². The average Bonchev–Trinajstić information content (AvgIpc) is 2.05. The second-order valence-corrected chi connectivity index (χ2v) is 2.97. The van der Waals surface area contributed by atoms with Crippen molar-refractivity contribution in [1.82, 2.24) is 0 Å². The highest BCUT2D eigenvalue weighted by atomic mass is 19.1. The molecule has 0 amide bonds. The molecule has 0 aromatic rings. The SMILES string of the molecule is CCCCC(CC)COC(=O)F. The van der Waals surface area contributed by atoms with Crippen LogP contribution in [0.2, 0.25) is 0 Å². The number of hydrogen-bond donors (Lipinski definition) is 0. The molecule has 0 aromatic carbocycles. The van der Waals surface area contributed by atoms with Gasteiger partial charge in [-0.2, -0.15) is 0 Å². The lowest BCUT2D eigenvalue weighted by molar-refractivity contribution is 0.1000. The first-order valence-electron chi connectivity index (χ1n) is 4.52. The Hall–Kier alpha value is -0.600. The summed E-state index contributed by atoms with van der Waals surface area (Å²) in [4.78, 5) is 9.85. The van der Waals surface area contributed by atoms with E-state index in [1.165, 1.54) is 0 Å². The van der Waals surface area contributed by atoms with Gasteiger partial charge in [0.15, 0.2) is 0 Å². The lowest BCUT2D eigenvalue weighted by Crippen LogP contribution is -2.10. The van der Waals surface area contributed by atoms with E-state index in [0.717, 1.165) is 25.7 Å². The molecule has 0 radical (unpaired) electrons.